The number of hydrogen-bond donors (Lipinski definition) is 1. The lowest BCUT2D eigenvalue weighted by Crippen LogP contribution is -2.22. The SMILES string of the molecule is COc1ccc(C2=C(c3ccc(CC4CCN(CCCF)C4)cc3)c3ccc(C(=O)O)cc3CCC2)cn1. The maximum Gasteiger partial charge on any atom is 0.335 e. The van der Waals surface area contributed by atoms with Gasteiger partial charge in [-0.15, -0.1) is 0 Å². The molecule has 0 bridgehead atoms. The molecule has 5 nitrogen and oxygen atoms in total. The summed E-state index contributed by atoms with van der Waals surface area (Å²) < 4.78 is 17.8. The molecule has 38 heavy (non-hydrogen) atoms. The van der Waals surface area contributed by atoms with Crippen LogP contribution in [-0.2, 0) is 12.8 Å². The molecule has 1 saturated heterocycles. The van der Waals surface area contributed by atoms with E-state index in [1.807, 2.05) is 24.4 Å². The summed E-state index contributed by atoms with van der Waals surface area (Å²) in [6, 6.07) is 18.3. The number of carboxylic acids is 1. The highest BCUT2D eigenvalue weighted by Crippen LogP contribution is 2.40. The number of rotatable bonds is 9. The molecule has 1 N–H and O–H groups in total. The summed E-state index contributed by atoms with van der Waals surface area (Å²) in [6.07, 6.45) is 7.31. The number of allylic oxidation sites excluding steroid dienone is 1. The fourth-order valence-electron chi connectivity index (χ4n) is 5.93. The van der Waals surface area contributed by atoms with E-state index in [0.29, 0.717) is 23.8 Å². The van der Waals surface area contributed by atoms with Gasteiger partial charge in [0.15, 0.2) is 0 Å². The van der Waals surface area contributed by atoms with Crippen LogP contribution in [0.15, 0.2) is 60.8 Å². The van der Waals surface area contributed by atoms with Gasteiger partial charge in [-0.2, -0.15) is 0 Å². The fourth-order valence-corrected chi connectivity index (χ4v) is 5.93. The second-order valence-corrected chi connectivity index (χ2v) is 10.4. The molecule has 6 heteroatoms. The molecule has 1 unspecified atom stereocenters. The van der Waals surface area contributed by atoms with Crippen molar-refractivity contribution in [1.29, 1.82) is 0 Å². The molecule has 0 saturated carbocycles. The highest BCUT2D eigenvalue weighted by molar-refractivity contribution is 6.00. The Morgan fingerprint density at radius 2 is 1.92 bits per heavy atom. The van der Waals surface area contributed by atoms with Crippen molar-refractivity contribution in [2.24, 2.45) is 5.92 Å². The third-order valence-corrected chi connectivity index (χ3v) is 7.84. The molecule has 1 aromatic heterocycles. The normalized spacial score (nSPS) is 17.8. The molecule has 1 aliphatic carbocycles. The quantitative estimate of drug-likeness (QED) is 0.363. The van der Waals surface area contributed by atoms with Crippen molar-refractivity contribution in [2.45, 2.75) is 38.5 Å². The lowest BCUT2D eigenvalue weighted by molar-refractivity contribution is 0.0696. The van der Waals surface area contributed by atoms with Crippen LogP contribution in [-0.4, -0.2) is 54.4 Å². The molecular weight excluding hydrogens is 479 g/mol. The third kappa shape index (κ3) is 5.81. The maximum absolute atomic E-state index is 12.6. The zero-order valence-corrected chi connectivity index (χ0v) is 22.0. The maximum atomic E-state index is 12.6. The highest BCUT2D eigenvalue weighted by atomic mass is 19.1. The zero-order chi connectivity index (χ0) is 26.5. The molecule has 2 aromatic carbocycles. The molecule has 3 aromatic rings. The van der Waals surface area contributed by atoms with Crippen LogP contribution in [0.2, 0.25) is 0 Å². The Morgan fingerprint density at radius 1 is 1.11 bits per heavy atom. The van der Waals surface area contributed by atoms with Gasteiger partial charge in [-0.25, -0.2) is 9.78 Å². The average Bonchev–Trinajstić information content (AvgIpc) is 3.30. The van der Waals surface area contributed by atoms with Crippen LogP contribution < -0.4 is 4.74 Å². The Kier molecular flexibility index (Phi) is 8.18. The minimum atomic E-state index is -0.901. The van der Waals surface area contributed by atoms with E-state index >= 15 is 0 Å². The summed E-state index contributed by atoms with van der Waals surface area (Å²) in [7, 11) is 1.61. The van der Waals surface area contributed by atoms with Crippen LogP contribution in [0.4, 0.5) is 4.39 Å². The van der Waals surface area contributed by atoms with Gasteiger partial charge in [-0.05, 0) is 108 Å². The number of aryl methyl sites for hydroxylation is 1. The predicted molar refractivity (Wildman–Crippen MR) is 148 cm³/mol. The van der Waals surface area contributed by atoms with Crippen LogP contribution in [0.25, 0.3) is 11.1 Å². The Balaban J connectivity index is 1.48. The number of benzene rings is 2. The summed E-state index contributed by atoms with van der Waals surface area (Å²) in [4.78, 5) is 18.5. The van der Waals surface area contributed by atoms with Gasteiger partial charge < -0.3 is 14.7 Å². The van der Waals surface area contributed by atoms with E-state index in [0.717, 1.165) is 79.6 Å². The molecule has 0 radical (unpaired) electrons. The van der Waals surface area contributed by atoms with E-state index in [2.05, 4.69) is 40.2 Å². The van der Waals surface area contributed by atoms with E-state index in [4.69, 9.17) is 4.74 Å². The number of likely N-dealkylation sites (tertiary alicyclic amines) is 1. The van der Waals surface area contributed by atoms with Gasteiger partial charge in [0.2, 0.25) is 5.88 Å². The van der Waals surface area contributed by atoms with Crippen LogP contribution >= 0.6 is 0 Å². The zero-order valence-electron chi connectivity index (χ0n) is 22.0. The van der Waals surface area contributed by atoms with Gasteiger partial charge >= 0.3 is 5.97 Å². The topological polar surface area (TPSA) is 62.7 Å². The first-order valence-electron chi connectivity index (χ1n) is 13.5. The fraction of sp³-hybridized carbons (Fsp3) is 0.375. The van der Waals surface area contributed by atoms with Gasteiger partial charge in [0, 0.05) is 25.4 Å². The Hall–Kier alpha value is -3.51. The summed E-state index contributed by atoms with van der Waals surface area (Å²) >= 11 is 0. The number of pyridine rings is 1. The number of methoxy groups -OCH3 is 1. The monoisotopic (exact) mass is 514 g/mol. The molecule has 2 heterocycles. The number of carboxylic acid groups (broad SMARTS) is 1. The Labute approximate surface area is 224 Å². The Morgan fingerprint density at radius 3 is 2.63 bits per heavy atom. The van der Waals surface area contributed by atoms with E-state index in [9.17, 15) is 14.3 Å². The standard InChI is InChI=1S/C32H35FN2O3/c1-38-30-13-11-27(20-34-30)28-5-2-4-25-19-26(32(36)37)10-12-29(25)31(28)24-8-6-22(7-9-24)18-23-14-17-35(21-23)16-3-15-33/h6-13,19-20,23H,2-5,14-18,21H2,1H3,(H,36,37). The Bertz CT molecular complexity index is 1300. The molecule has 1 atom stereocenters. The van der Waals surface area contributed by atoms with Crippen LogP contribution in [0, 0.1) is 5.92 Å². The van der Waals surface area contributed by atoms with Crippen molar-refractivity contribution < 1.29 is 19.0 Å². The largest absolute Gasteiger partial charge is 0.481 e. The summed E-state index contributed by atoms with van der Waals surface area (Å²) in [5, 5.41) is 9.57. The van der Waals surface area contributed by atoms with Gasteiger partial charge in [0.1, 0.15) is 0 Å². The second-order valence-electron chi connectivity index (χ2n) is 10.4. The van der Waals surface area contributed by atoms with E-state index < -0.39 is 5.97 Å². The number of aromatic carboxylic acids is 1. The van der Waals surface area contributed by atoms with Crippen LogP contribution in [0.1, 0.15) is 63.9 Å². The van der Waals surface area contributed by atoms with E-state index in [1.165, 1.54) is 11.1 Å². The predicted octanol–water partition coefficient (Wildman–Crippen LogP) is 6.31. The van der Waals surface area contributed by atoms with Crippen molar-refractivity contribution in [3.63, 3.8) is 0 Å². The first kappa shape index (κ1) is 26.1. The number of halogens is 1. The van der Waals surface area contributed by atoms with Gasteiger partial charge in [-0.3, -0.25) is 4.39 Å². The molecule has 1 fully saturated rings. The molecular formula is C32H35FN2O3. The van der Waals surface area contributed by atoms with Gasteiger partial charge in [0.25, 0.3) is 0 Å². The first-order valence-corrected chi connectivity index (χ1v) is 13.5. The molecule has 1 aliphatic heterocycles. The van der Waals surface area contributed by atoms with Crippen molar-refractivity contribution in [3.05, 3.63) is 94.2 Å². The minimum absolute atomic E-state index is 0.242. The number of nitrogens with zero attached hydrogens (tertiary/aromatic N) is 2. The van der Waals surface area contributed by atoms with Crippen molar-refractivity contribution in [1.82, 2.24) is 9.88 Å². The minimum Gasteiger partial charge on any atom is -0.481 e. The number of carbonyl (C=O) groups is 1. The number of aromatic nitrogens is 1. The lowest BCUT2D eigenvalue weighted by atomic mass is 9.87. The van der Waals surface area contributed by atoms with E-state index in [1.54, 1.807) is 13.2 Å². The summed E-state index contributed by atoms with van der Waals surface area (Å²) in [5.74, 6) is 0.283. The first-order chi connectivity index (χ1) is 18.6. The lowest BCUT2D eigenvalue weighted by Gasteiger charge is -2.18. The number of fused-ring (bicyclic) bond motifs is 1. The van der Waals surface area contributed by atoms with Crippen molar-refractivity contribution in [3.8, 4) is 5.88 Å². The van der Waals surface area contributed by atoms with Gasteiger partial charge in [-0.1, -0.05) is 30.3 Å². The number of alkyl halides is 1. The second kappa shape index (κ2) is 11.9. The van der Waals surface area contributed by atoms with Crippen molar-refractivity contribution >= 4 is 17.1 Å². The molecule has 2 aliphatic rings. The number of ether oxygens (including phenoxy) is 1. The van der Waals surface area contributed by atoms with E-state index in [-0.39, 0.29) is 6.67 Å². The third-order valence-electron chi connectivity index (χ3n) is 7.84. The average molecular weight is 515 g/mol. The van der Waals surface area contributed by atoms with Crippen molar-refractivity contribution in [2.75, 3.05) is 33.4 Å². The molecule has 0 spiro atoms. The number of hydrogen-bond acceptors (Lipinski definition) is 4. The smallest absolute Gasteiger partial charge is 0.335 e. The van der Waals surface area contributed by atoms with Gasteiger partial charge in [0.05, 0.1) is 19.3 Å². The summed E-state index contributed by atoms with van der Waals surface area (Å²) in [6.45, 7) is 2.71. The molecule has 0 amide bonds. The highest BCUT2D eigenvalue weighted by Gasteiger charge is 2.24. The summed E-state index contributed by atoms with van der Waals surface area (Å²) in [5.41, 5.74) is 8.34. The molecule has 5 rings (SSSR count). The van der Waals surface area contributed by atoms with Crippen LogP contribution in [0.5, 0.6) is 5.88 Å². The van der Waals surface area contributed by atoms with Crippen LogP contribution in [0.3, 0.4) is 0 Å². The molecule has 198 valence electrons.